The maximum Gasteiger partial charge on any atom is 0.303 e. The number of halogens is 2. The second-order valence-corrected chi connectivity index (χ2v) is 5.77. The molecule has 0 saturated heterocycles. The van der Waals surface area contributed by atoms with Crippen LogP contribution in [0.25, 0.3) is 0 Å². The Labute approximate surface area is 142 Å². The normalized spacial score (nSPS) is 10.5. The minimum atomic E-state index is -0.978. The predicted octanol–water partition coefficient (Wildman–Crippen LogP) is 3.53. The molecule has 23 heavy (non-hydrogen) atoms. The quantitative estimate of drug-likeness (QED) is 0.563. The van der Waals surface area contributed by atoms with Crippen molar-refractivity contribution in [3.05, 3.63) is 57.1 Å². The van der Waals surface area contributed by atoms with E-state index in [-0.39, 0.29) is 39.8 Å². The fourth-order valence-electron chi connectivity index (χ4n) is 2.15. The number of phenolic OH excluding ortho intramolecular Hbond substituents is 1. The molecule has 0 radical (unpaired) electrons. The molecule has 0 bridgehead atoms. The van der Waals surface area contributed by atoms with E-state index in [2.05, 4.69) is 0 Å². The first-order chi connectivity index (χ1) is 10.8. The first-order valence-electron chi connectivity index (χ1n) is 6.62. The highest BCUT2D eigenvalue weighted by Crippen LogP contribution is 2.33. The molecule has 2 aromatic carbocycles. The predicted molar refractivity (Wildman–Crippen MR) is 88.4 cm³/mol. The highest BCUT2D eigenvalue weighted by molar-refractivity contribution is 6.36. The number of aromatic hydroxyl groups is 1. The van der Waals surface area contributed by atoms with Gasteiger partial charge in [-0.1, -0.05) is 29.3 Å². The molecule has 0 atom stereocenters. The molecule has 0 unspecified atom stereocenters. The Morgan fingerprint density at radius 1 is 1.09 bits per heavy atom. The molecule has 4 N–H and O–H groups in total. The molecular weight excluding hydrogens is 341 g/mol. The Morgan fingerprint density at radius 2 is 1.78 bits per heavy atom. The number of anilines is 1. The summed E-state index contributed by atoms with van der Waals surface area (Å²) in [7, 11) is 0. The molecule has 0 aliphatic rings. The largest absolute Gasteiger partial charge is 0.506 e. The van der Waals surface area contributed by atoms with E-state index in [0.717, 1.165) is 0 Å². The maximum atomic E-state index is 12.7. The Hall–Kier alpha value is -2.24. The second kappa shape index (κ2) is 6.89. The highest BCUT2D eigenvalue weighted by atomic mass is 35.5. The summed E-state index contributed by atoms with van der Waals surface area (Å²) < 4.78 is 0. The second-order valence-electron chi connectivity index (χ2n) is 4.92. The van der Waals surface area contributed by atoms with Gasteiger partial charge >= 0.3 is 5.97 Å². The van der Waals surface area contributed by atoms with Crippen LogP contribution in [0.3, 0.4) is 0 Å². The number of carbonyl (C=O) groups excluding carboxylic acids is 1. The van der Waals surface area contributed by atoms with E-state index in [1.165, 1.54) is 18.2 Å². The summed E-state index contributed by atoms with van der Waals surface area (Å²) >= 11 is 11.7. The molecule has 2 rings (SSSR count). The van der Waals surface area contributed by atoms with Crippen molar-refractivity contribution in [1.82, 2.24) is 0 Å². The number of carboxylic acid groups (broad SMARTS) is 1. The molecule has 0 heterocycles. The van der Waals surface area contributed by atoms with E-state index in [4.69, 9.17) is 34.0 Å². The van der Waals surface area contributed by atoms with E-state index in [1.807, 2.05) is 0 Å². The number of aryl methyl sites for hydroxylation is 1. The van der Waals surface area contributed by atoms with Crippen molar-refractivity contribution in [2.75, 3.05) is 5.73 Å². The first kappa shape index (κ1) is 17.1. The number of carboxylic acids is 1. The lowest BCUT2D eigenvalue weighted by molar-refractivity contribution is -0.136. The summed E-state index contributed by atoms with van der Waals surface area (Å²) in [5.41, 5.74) is 6.72. The molecule has 0 aliphatic heterocycles. The topological polar surface area (TPSA) is 101 Å². The van der Waals surface area contributed by atoms with Crippen LogP contribution >= 0.6 is 23.2 Å². The van der Waals surface area contributed by atoms with Crippen LogP contribution in [0.5, 0.6) is 5.75 Å². The zero-order chi connectivity index (χ0) is 17.1. The van der Waals surface area contributed by atoms with Gasteiger partial charge in [0.15, 0.2) is 5.78 Å². The van der Waals surface area contributed by atoms with Gasteiger partial charge in [-0.25, -0.2) is 0 Å². The number of nitrogens with two attached hydrogens (primary N) is 1. The van der Waals surface area contributed by atoms with Gasteiger partial charge in [0.1, 0.15) is 5.75 Å². The van der Waals surface area contributed by atoms with Gasteiger partial charge in [-0.15, -0.1) is 0 Å². The Morgan fingerprint density at radius 3 is 2.43 bits per heavy atom. The third kappa shape index (κ3) is 3.94. The molecule has 7 heteroatoms. The third-order valence-electron chi connectivity index (χ3n) is 3.26. The van der Waals surface area contributed by atoms with Gasteiger partial charge in [-0.2, -0.15) is 0 Å². The van der Waals surface area contributed by atoms with Crippen molar-refractivity contribution < 1.29 is 19.8 Å². The zero-order valence-corrected chi connectivity index (χ0v) is 13.4. The van der Waals surface area contributed by atoms with Crippen LogP contribution in [0.1, 0.15) is 27.9 Å². The molecule has 2 aromatic rings. The molecule has 0 aromatic heterocycles. The lowest BCUT2D eigenvalue weighted by Gasteiger charge is -2.11. The molecular formula is C16H13Cl2NO4. The van der Waals surface area contributed by atoms with Crippen molar-refractivity contribution in [2.24, 2.45) is 0 Å². The fraction of sp³-hybridized carbons (Fsp3) is 0.125. The third-order valence-corrected chi connectivity index (χ3v) is 3.77. The van der Waals surface area contributed by atoms with Crippen LogP contribution in [0.15, 0.2) is 30.3 Å². The number of aliphatic carboxylic acids is 1. The number of rotatable bonds is 5. The van der Waals surface area contributed by atoms with Crippen molar-refractivity contribution in [1.29, 1.82) is 0 Å². The van der Waals surface area contributed by atoms with Crippen LogP contribution in [-0.2, 0) is 11.2 Å². The van der Waals surface area contributed by atoms with Crippen LogP contribution in [-0.4, -0.2) is 22.0 Å². The van der Waals surface area contributed by atoms with Crippen LogP contribution in [0, 0.1) is 0 Å². The molecule has 120 valence electrons. The van der Waals surface area contributed by atoms with Crippen LogP contribution < -0.4 is 5.73 Å². The van der Waals surface area contributed by atoms with Gasteiger partial charge in [0.2, 0.25) is 0 Å². The standard InChI is InChI=1S/C16H13Cl2NO4/c17-9-5-12(16(23)13(18)6-9)15(22)11-7-10(19)3-1-8(11)2-4-14(20)21/h1,3,5-7,23H,2,4,19H2,(H,20,21). The summed E-state index contributed by atoms with van der Waals surface area (Å²) in [6, 6.07) is 7.23. The van der Waals surface area contributed by atoms with E-state index < -0.39 is 11.8 Å². The van der Waals surface area contributed by atoms with E-state index >= 15 is 0 Å². The number of hydrogen-bond acceptors (Lipinski definition) is 4. The Balaban J connectivity index is 2.50. The van der Waals surface area contributed by atoms with Gasteiger partial charge in [-0.3, -0.25) is 9.59 Å². The van der Waals surface area contributed by atoms with E-state index in [1.54, 1.807) is 12.1 Å². The number of nitrogen functional groups attached to an aromatic ring is 1. The van der Waals surface area contributed by atoms with Crippen LogP contribution in [0.4, 0.5) is 5.69 Å². The number of carbonyl (C=O) groups is 2. The van der Waals surface area contributed by atoms with Crippen molar-refractivity contribution in [3.8, 4) is 5.75 Å². The number of benzene rings is 2. The lowest BCUT2D eigenvalue weighted by Crippen LogP contribution is -2.09. The minimum absolute atomic E-state index is 0.0446. The average Bonchev–Trinajstić information content (AvgIpc) is 2.48. The van der Waals surface area contributed by atoms with Gasteiger partial charge in [0, 0.05) is 22.7 Å². The average molecular weight is 354 g/mol. The molecule has 0 saturated carbocycles. The molecule has 0 fully saturated rings. The first-order valence-corrected chi connectivity index (χ1v) is 7.38. The maximum absolute atomic E-state index is 12.7. The molecule has 5 nitrogen and oxygen atoms in total. The smallest absolute Gasteiger partial charge is 0.303 e. The Bertz CT molecular complexity index is 790. The minimum Gasteiger partial charge on any atom is -0.506 e. The van der Waals surface area contributed by atoms with E-state index in [9.17, 15) is 14.7 Å². The molecule has 0 aliphatic carbocycles. The van der Waals surface area contributed by atoms with Gasteiger partial charge in [0.25, 0.3) is 0 Å². The number of ketones is 1. The number of phenols is 1. The molecule has 0 amide bonds. The summed E-state index contributed by atoms with van der Waals surface area (Å²) in [6.45, 7) is 0. The SMILES string of the molecule is Nc1ccc(CCC(=O)O)c(C(=O)c2cc(Cl)cc(Cl)c2O)c1. The lowest BCUT2D eigenvalue weighted by atomic mass is 9.94. The number of hydrogen-bond donors (Lipinski definition) is 3. The summed E-state index contributed by atoms with van der Waals surface area (Å²) in [5, 5.41) is 19.0. The molecule has 0 spiro atoms. The van der Waals surface area contributed by atoms with Crippen molar-refractivity contribution in [2.45, 2.75) is 12.8 Å². The van der Waals surface area contributed by atoms with Crippen molar-refractivity contribution >= 4 is 40.6 Å². The van der Waals surface area contributed by atoms with Gasteiger partial charge in [-0.05, 0) is 36.2 Å². The summed E-state index contributed by atoms with van der Waals surface area (Å²) in [6.07, 6.45) is 0.0260. The summed E-state index contributed by atoms with van der Waals surface area (Å²) in [4.78, 5) is 23.5. The highest BCUT2D eigenvalue weighted by Gasteiger charge is 2.20. The monoisotopic (exact) mass is 353 g/mol. The summed E-state index contributed by atoms with van der Waals surface area (Å²) in [5.74, 6) is -1.89. The van der Waals surface area contributed by atoms with Crippen LogP contribution in [0.2, 0.25) is 10.0 Å². The zero-order valence-electron chi connectivity index (χ0n) is 11.8. The Kier molecular flexibility index (Phi) is 5.13. The van der Waals surface area contributed by atoms with Gasteiger partial charge in [0.05, 0.1) is 10.6 Å². The van der Waals surface area contributed by atoms with Crippen molar-refractivity contribution in [3.63, 3.8) is 0 Å². The fourth-order valence-corrected chi connectivity index (χ4v) is 2.64. The van der Waals surface area contributed by atoms with Gasteiger partial charge < -0.3 is 15.9 Å². The van der Waals surface area contributed by atoms with E-state index in [0.29, 0.717) is 11.3 Å².